The van der Waals surface area contributed by atoms with Crippen LogP contribution >= 0.6 is 0 Å². The predicted molar refractivity (Wildman–Crippen MR) is 52.0 cm³/mol. The highest BCUT2D eigenvalue weighted by molar-refractivity contribution is 5.07. The van der Waals surface area contributed by atoms with Gasteiger partial charge in [-0.1, -0.05) is 38.8 Å². The van der Waals surface area contributed by atoms with Crippen molar-refractivity contribution >= 4 is 0 Å². The first kappa shape index (κ1) is 9.79. The van der Waals surface area contributed by atoms with Gasteiger partial charge in [-0.3, -0.25) is 0 Å². The fourth-order valence-corrected chi connectivity index (χ4v) is 2.21. The molecule has 0 spiro atoms. The van der Waals surface area contributed by atoms with Crippen molar-refractivity contribution < 1.29 is 5.11 Å². The normalized spacial score (nSPS) is 29.7. The van der Waals surface area contributed by atoms with E-state index in [9.17, 15) is 5.11 Å². The highest BCUT2D eigenvalue weighted by atomic mass is 16.3. The van der Waals surface area contributed by atoms with Crippen LogP contribution in [0, 0.1) is 5.92 Å². The lowest BCUT2D eigenvalue weighted by molar-refractivity contribution is 0.0107. The molecule has 0 aromatic rings. The number of hydrogen-bond donors (Lipinski definition) is 1. The average Bonchev–Trinajstić information content (AvgIpc) is 2.07. The molecule has 0 saturated heterocycles. The van der Waals surface area contributed by atoms with Crippen molar-refractivity contribution in [3.63, 3.8) is 0 Å². The molecule has 12 heavy (non-hydrogen) atoms. The molecule has 1 heteroatoms. The molecule has 1 atom stereocenters. The van der Waals surface area contributed by atoms with Crippen molar-refractivity contribution in [2.45, 2.75) is 51.6 Å². The van der Waals surface area contributed by atoms with Gasteiger partial charge in [-0.15, -0.1) is 0 Å². The third kappa shape index (κ3) is 1.89. The molecule has 1 aliphatic rings. The van der Waals surface area contributed by atoms with Gasteiger partial charge in [-0.2, -0.15) is 0 Å². The smallest absolute Gasteiger partial charge is 0.0855 e. The molecule has 1 nitrogen and oxygen atoms in total. The third-order valence-electron chi connectivity index (χ3n) is 3.05. The Balaban J connectivity index is 2.67. The maximum atomic E-state index is 10.2. The molecular formula is C11H20O. The van der Waals surface area contributed by atoms with E-state index in [1.807, 2.05) is 6.08 Å². The first-order valence-corrected chi connectivity index (χ1v) is 5.13. The van der Waals surface area contributed by atoms with Crippen LogP contribution in [0.15, 0.2) is 12.2 Å². The van der Waals surface area contributed by atoms with Gasteiger partial charge < -0.3 is 5.11 Å². The molecule has 0 radical (unpaired) electrons. The zero-order valence-corrected chi connectivity index (χ0v) is 8.21. The van der Waals surface area contributed by atoms with E-state index in [0.29, 0.717) is 5.92 Å². The quantitative estimate of drug-likeness (QED) is 0.642. The van der Waals surface area contributed by atoms with Crippen molar-refractivity contribution in [1.82, 2.24) is 0 Å². The van der Waals surface area contributed by atoms with Crippen molar-refractivity contribution in [3.8, 4) is 0 Å². The van der Waals surface area contributed by atoms with Crippen LogP contribution in [-0.2, 0) is 0 Å². The van der Waals surface area contributed by atoms with Gasteiger partial charge in [0.05, 0.1) is 5.60 Å². The first-order valence-electron chi connectivity index (χ1n) is 5.13. The van der Waals surface area contributed by atoms with Crippen LogP contribution in [0.5, 0.6) is 0 Å². The van der Waals surface area contributed by atoms with E-state index in [1.54, 1.807) is 0 Å². The van der Waals surface area contributed by atoms with Crippen molar-refractivity contribution in [1.29, 1.82) is 0 Å². The zero-order chi connectivity index (χ0) is 9.03. The highest BCUT2D eigenvalue weighted by Crippen LogP contribution is 2.33. The summed E-state index contributed by atoms with van der Waals surface area (Å²) in [6, 6.07) is 0. The summed E-state index contributed by atoms with van der Waals surface area (Å²) in [6.07, 6.45) is 9.55. The molecule has 0 aliphatic heterocycles. The lowest BCUT2D eigenvalue weighted by atomic mass is 9.77. The Bertz CT molecular complexity index is 158. The van der Waals surface area contributed by atoms with Gasteiger partial charge >= 0.3 is 0 Å². The molecule has 0 amide bonds. The number of rotatable bonds is 3. The number of aliphatic hydroxyl groups is 1. The Morgan fingerprint density at radius 1 is 1.42 bits per heavy atom. The summed E-state index contributed by atoms with van der Waals surface area (Å²) >= 11 is 0. The minimum atomic E-state index is -0.484. The van der Waals surface area contributed by atoms with E-state index >= 15 is 0 Å². The standard InChI is InChI=1S/C11H20O/c1-3-10(4-2)11(12)8-6-5-7-9-11/h6,8,10,12H,3-5,7,9H2,1-2H3. The fourth-order valence-electron chi connectivity index (χ4n) is 2.21. The van der Waals surface area contributed by atoms with Crippen LogP contribution in [0.2, 0.25) is 0 Å². The van der Waals surface area contributed by atoms with Crippen LogP contribution in [0.1, 0.15) is 46.0 Å². The van der Waals surface area contributed by atoms with E-state index in [0.717, 1.165) is 32.1 Å². The van der Waals surface area contributed by atoms with E-state index < -0.39 is 5.60 Å². The maximum Gasteiger partial charge on any atom is 0.0855 e. The molecule has 0 saturated carbocycles. The summed E-state index contributed by atoms with van der Waals surface area (Å²) in [5.74, 6) is 0.453. The van der Waals surface area contributed by atoms with Crippen LogP contribution in [-0.4, -0.2) is 10.7 Å². The molecule has 0 bridgehead atoms. The van der Waals surface area contributed by atoms with Gasteiger partial charge in [0.25, 0.3) is 0 Å². The molecule has 1 aliphatic carbocycles. The van der Waals surface area contributed by atoms with Crippen molar-refractivity contribution in [2.75, 3.05) is 0 Å². The van der Waals surface area contributed by atoms with E-state index in [2.05, 4.69) is 19.9 Å². The van der Waals surface area contributed by atoms with Gasteiger partial charge in [-0.05, 0) is 25.2 Å². The van der Waals surface area contributed by atoms with E-state index in [-0.39, 0.29) is 0 Å². The Labute approximate surface area is 75.5 Å². The SMILES string of the molecule is CCC(CC)C1(O)C=CCCC1. The maximum absolute atomic E-state index is 10.2. The molecule has 1 unspecified atom stereocenters. The molecule has 0 aromatic carbocycles. The minimum Gasteiger partial charge on any atom is -0.386 e. The Morgan fingerprint density at radius 3 is 2.50 bits per heavy atom. The summed E-state index contributed by atoms with van der Waals surface area (Å²) in [4.78, 5) is 0. The summed E-state index contributed by atoms with van der Waals surface area (Å²) in [6.45, 7) is 4.32. The number of allylic oxidation sites excluding steroid dienone is 1. The molecule has 0 fully saturated rings. The molecule has 70 valence electrons. The predicted octanol–water partition coefficient (Wildman–Crippen LogP) is 2.89. The van der Waals surface area contributed by atoms with Gasteiger partial charge in [0, 0.05) is 0 Å². The summed E-state index contributed by atoms with van der Waals surface area (Å²) in [5.41, 5.74) is -0.484. The van der Waals surface area contributed by atoms with Gasteiger partial charge in [0.15, 0.2) is 0 Å². The monoisotopic (exact) mass is 168 g/mol. The summed E-state index contributed by atoms with van der Waals surface area (Å²) in [7, 11) is 0. The molecule has 1 rings (SSSR count). The van der Waals surface area contributed by atoms with E-state index in [1.165, 1.54) is 0 Å². The summed E-state index contributed by atoms with van der Waals surface area (Å²) in [5, 5.41) is 10.2. The van der Waals surface area contributed by atoms with Crippen molar-refractivity contribution in [3.05, 3.63) is 12.2 Å². The van der Waals surface area contributed by atoms with Crippen LogP contribution in [0.3, 0.4) is 0 Å². The molecule has 0 aromatic heterocycles. The van der Waals surface area contributed by atoms with Crippen LogP contribution < -0.4 is 0 Å². The minimum absolute atomic E-state index is 0.453. The Morgan fingerprint density at radius 2 is 2.08 bits per heavy atom. The number of hydrogen-bond acceptors (Lipinski definition) is 1. The van der Waals surface area contributed by atoms with Crippen molar-refractivity contribution in [2.24, 2.45) is 5.92 Å². The topological polar surface area (TPSA) is 20.2 Å². The molecule has 0 heterocycles. The van der Waals surface area contributed by atoms with Gasteiger partial charge in [0.2, 0.25) is 0 Å². The van der Waals surface area contributed by atoms with Gasteiger partial charge in [-0.25, -0.2) is 0 Å². The van der Waals surface area contributed by atoms with Gasteiger partial charge in [0.1, 0.15) is 0 Å². The second-order valence-corrected chi connectivity index (χ2v) is 3.80. The lowest BCUT2D eigenvalue weighted by Crippen LogP contribution is -2.36. The third-order valence-corrected chi connectivity index (χ3v) is 3.05. The second kappa shape index (κ2) is 4.08. The fraction of sp³-hybridized carbons (Fsp3) is 0.818. The second-order valence-electron chi connectivity index (χ2n) is 3.80. The molecular weight excluding hydrogens is 148 g/mol. The van der Waals surface area contributed by atoms with Crippen LogP contribution in [0.4, 0.5) is 0 Å². The highest BCUT2D eigenvalue weighted by Gasteiger charge is 2.32. The average molecular weight is 168 g/mol. The largest absolute Gasteiger partial charge is 0.386 e. The van der Waals surface area contributed by atoms with E-state index in [4.69, 9.17) is 0 Å². The zero-order valence-electron chi connectivity index (χ0n) is 8.21. The molecule has 1 N–H and O–H groups in total. The Hall–Kier alpha value is -0.300. The first-order chi connectivity index (χ1) is 5.73. The lowest BCUT2D eigenvalue weighted by Gasteiger charge is -2.34. The summed E-state index contributed by atoms with van der Waals surface area (Å²) < 4.78 is 0. The Kier molecular flexibility index (Phi) is 3.33. The van der Waals surface area contributed by atoms with Crippen LogP contribution in [0.25, 0.3) is 0 Å².